The number of carbonyl (C=O) groups excluding carboxylic acids is 1. The highest BCUT2D eigenvalue weighted by Gasteiger charge is 2.62. The van der Waals surface area contributed by atoms with E-state index >= 15 is 0 Å². The number of aliphatic carboxylic acids is 1. The lowest BCUT2D eigenvalue weighted by molar-refractivity contribution is -0.139. The van der Waals surface area contributed by atoms with Crippen molar-refractivity contribution >= 4 is 12.1 Å². The molecule has 1 aliphatic carbocycles. The van der Waals surface area contributed by atoms with Crippen molar-refractivity contribution in [2.75, 3.05) is 13.1 Å². The first kappa shape index (κ1) is 12.2. The fraction of sp³-hybridized carbons (Fsp3) is 0.833. The molecule has 2 aliphatic rings. The molecular formula is C12H19NO4. The first-order valence-electron chi connectivity index (χ1n) is 5.94. The van der Waals surface area contributed by atoms with E-state index in [1.165, 1.54) is 0 Å². The van der Waals surface area contributed by atoms with E-state index in [0.717, 1.165) is 6.42 Å². The van der Waals surface area contributed by atoms with Crippen molar-refractivity contribution < 1.29 is 19.4 Å². The molecule has 1 saturated heterocycles. The molecule has 1 spiro atoms. The maximum Gasteiger partial charge on any atom is 0.410 e. The summed E-state index contributed by atoms with van der Waals surface area (Å²) < 4.78 is 5.28. The van der Waals surface area contributed by atoms with Gasteiger partial charge in [0, 0.05) is 18.5 Å². The summed E-state index contributed by atoms with van der Waals surface area (Å²) in [5.41, 5.74) is -0.661. The van der Waals surface area contributed by atoms with Gasteiger partial charge >= 0.3 is 12.1 Å². The fourth-order valence-electron chi connectivity index (χ4n) is 2.53. The summed E-state index contributed by atoms with van der Waals surface area (Å²) in [6.45, 7) is 6.62. The summed E-state index contributed by atoms with van der Waals surface area (Å²) in [4.78, 5) is 24.3. The summed E-state index contributed by atoms with van der Waals surface area (Å²) in [7, 11) is 0. The molecule has 1 amide bonds. The summed E-state index contributed by atoms with van der Waals surface area (Å²) in [6.07, 6.45) is 1.15. The van der Waals surface area contributed by atoms with Crippen LogP contribution in [0.15, 0.2) is 0 Å². The summed E-state index contributed by atoms with van der Waals surface area (Å²) in [5, 5.41) is 8.96. The number of carboxylic acids is 1. The number of ether oxygens (including phenoxy) is 1. The van der Waals surface area contributed by atoms with Gasteiger partial charge < -0.3 is 14.7 Å². The molecule has 1 saturated carbocycles. The van der Waals surface area contributed by atoms with E-state index in [4.69, 9.17) is 9.84 Å². The molecule has 1 heterocycles. The number of amides is 1. The van der Waals surface area contributed by atoms with E-state index < -0.39 is 11.6 Å². The van der Waals surface area contributed by atoms with Crippen LogP contribution in [0.2, 0.25) is 0 Å². The maximum absolute atomic E-state index is 11.8. The van der Waals surface area contributed by atoms with Crippen molar-refractivity contribution in [3.63, 3.8) is 0 Å². The summed E-state index contributed by atoms with van der Waals surface area (Å²) in [5.74, 6) is -1.01. The predicted octanol–water partition coefficient (Wildman–Crippen LogP) is 1.72. The van der Waals surface area contributed by atoms with Crippen LogP contribution in [0.1, 0.15) is 33.6 Å². The van der Waals surface area contributed by atoms with Crippen LogP contribution in [0.3, 0.4) is 0 Å². The molecule has 5 nitrogen and oxygen atoms in total. The van der Waals surface area contributed by atoms with Crippen molar-refractivity contribution in [2.45, 2.75) is 39.2 Å². The third-order valence-electron chi connectivity index (χ3n) is 3.52. The van der Waals surface area contributed by atoms with Crippen molar-refractivity contribution in [2.24, 2.45) is 11.3 Å². The first-order chi connectivity index (χ1) is 7.73. The highest BCUT2D eigenvalue weighted by molar-refractivity contribution is 5.76. The van der Waals surface area contributed by atoms with Gasteiger partial charge in [-0.1, -0.05) is 0 Å². The molecule has 96 valence electrons. The van der Waals surface area contributed by atoms with Crippen LogP contribution in [0.4, 0.5) is 4.79 Å². The lowest BCUT2D eigenvalue weighted by Gasteiger charge is -2.24. The van der Waals surface area contributed by atoms with Gasteiger partial charge in [-0.15, -0.1) is 0 Å². The van der Waals surface area contributed by atoms with Gasteiger partial charge in [0.15, 0.2) is 0 Å². The molecule has 0 aromatic carbocycles. The Balaban J connectivity index is 1.91. The molecule has 0 aromatic rings. The predicted molar refractivity (Wildman–Crippen MR) is 60.6 cm³/mol. The molecule has 1 N–H and O–H groups in total. The molecule has 2 atom stereocenters. The maximum atomic E-state index is 11.8. The molecule has 2 rings (SSSR count). The normalized spacial score (nSPS) is 31.7. The average molecular weight is 241 g/mol. The third kappa shape index (κ3) is 2.37. The van der Waals surface area contributed by atoms with Crippen LogP contribution in [0, 0.1) is 11.3 Å². The first-order valence-corrected chi connectivity index (χ1v) is 5.94. The van der Waals surface area contributed by atoms with Gasteiger partial charge in [0.05, 0.1) is 5.92 Å². The number of hydrogen-bond acceptors (Lipinski definition) is 3. The van der Waals surface area contributed by atoms with Gasteiger partial charge in [-0.2, -0.15) is 0 Å². The number of carboxylic acid groups (broad SMARTS) is 1. The fourth-order valence-corrected chi connectivity index (χ4v) is 2.53. The molecule has 0 radical (unpaired) electrons. The molecule has 0 unspecified atom stereocenters. The Morgan fingerprint density at radius 2 is 2.06 bits per heavy atom. The van der Waals surface area contributed by atoms with Crippen molar-refractivity contribution in [1.29, 1.82) is 0 Å². The van der Waals surface area contributed by atoms with Crippen LogP contribution >= 0.6 is 0 Å². The smallest absolute Gasteiger partial charge is 0.410 e. The van der Waals surface area contributed by atoms with Crippen LogP contribution in [-0.2, 0) is 9.53 Å². The largest absolute Gasteiger partial charge is 0.481 e. The Morgan fingerprint density at radius 1 is 1.41 bits per heavy atom. The van der Waals surface area contributed by atoms with Crippen molar-refractivity contribution in [3.8, 4) is 0 Å². The second-order valence-electron chi connectivity index (χ2n) is 6.11. The number of rotatable bonds is 1. The van der Waals surface area contributed by atoms with E-state index in [1.54, 1.807) is 4.90 Å². The van der Waals surface area contributed by atoms with Gasteiger partial charge in [0.25, 0.3) is 0 Å². The SMILES string of the molecule is CC(C)(C)OC(=O)N1CC[C@]2(C[C@@H]2C(=O)O)C1. The van der Waals surface area contributed by atoms with Crippen LogP contribution < -0.4 is 0 Å². The minimum atomic E-state index is -0.740. The lowest BCUT2D eigenvalue weighted by Crippen LogP contribution is -2.35. The van der Waals surface area contributed by atoms with Crippen molar-refractivity contribution in [1.82, 2.24) is 4.90 Å². The monoisotopic (exact) mass is 241 g/mol. The summed E-state index contributed by atoms with van der Waals surface area (Å²) >= 11 is 0. The highest BCUT2D eigenvalue weighted by Crippen LogP contribution is 2.58. The molecule has 2 fully saturated rings. The quantitative estimate of drug-likeness (QED) is 0.759. The van der Waals surface area contributed by atoms with Gasteiger partial charge in [0.1, 0.15) is 5.60 Å². The van der Waals surface area contributed by atoms with E-state index in [1.807, 2.05) is 20.8 Å². The summed E-state index contributed by atoms with van der Waals surface area (Å²) in [6, 6.07) is 0. The standard InChI is InChI=1S/C12H19NO4/c1-11(2,3)17-10(16)13-5-4-12(7-13)6-8(12)9(14)15/h8H,4-7H2,1-3H3,(H,14,15)/t8-,12+/m1/s1. The third-order valence-corrected chi connectivity index (χ3v) is 3.52. The number of carbonyl (C=O) groups is 2. The Bertz CT molecular complexity index is 360. The Labute approximate surface area is 101 Å². The van der Waals surface area contributed by atoms with Crippen molar-refractivity contribution in [3.05, 3.63) is 0 Å². The Kier molecular flexibility index (Phi) is 2.60. The zero-order valence-electron chi connectivity index (χ0n) is 10.5. The molecule has 0 bridgehead atoms. The molecule has 5 heteroatoms. The van der Waals surface area contributed by atoms with Gasteiger partial charge in [-0.3, -0.25) is 4.79 Å². The highest BCUT2D eigenvalue weighted by atomic mass is 16.6. The van der Waals surface area contributed by atoms with E-state index in [9.17, 15) is 9.59 Å². The number of likely N-dealkylation sites (tertiary alicyclic amines) is 1. The lowest BCUT2D eigenvalue weighted by atomic mass is 10.0. The van der Waals surface area contributed by atoms with Gasteiger partial charge in [0.2, 0.25) is 0 Å². The average Bonchev–Trinajstić information content (AvgIpc) is 2.65. The molecule has 0 aromatic heterocycles. The minimum Gasteiger partial charge on any atom is -0.481 e. The van der Waals surface area contributed by atoms with Crippen LogP contribution in [-0.4, -0.2) is 40.8 Å². The molecular weight excluding hydrogens is 222 g/mol. The van der Waals surface area contributed by atoms with Gasteiger partial charge in [-0.05, 0) is 33.6 Å². The zero-order chi connectivity index (χ0) is 12.8. The number of hydrogen-bond donors (Lipinski definition) is 1. The molecule has 1 aliphatic heterocycles. The van der Waals surface area contributed by atoms with E-state index in [-0.39, 0.29) is 17.4 Å². The second kappa shape index (κ2) is 3.62. The Morgan fingerprint density at radius 3 is 2.53 bits per heavy atom. The van der Waals surface area contributed by atoms with Crippen LogP contribution in [0.25, 0.3) is 0 Å². The topological polar surface area (TPSA) is 66.8 Å². The number of nitrogens with zero attached hydrogens (tertiary/aromatic N) is 1. The van der Waals surface area contributed by atoms with E-state index in [2.05, 4.69) is 0 Å². The molecule has 17 heavy (non-hydrogen) atoms. The van der Waals surface area contributed by atoms with Gasteiger partial charge in [-0.25, -0.2) is 4.79 Å². The minimum absolute atomic E-state index is 0.164. The Hall–Kier alpha value is -1.26. The van der Waals surface area contributed by atoms with E-state index in [0.29, 0.717) is 19.5 Å². The zero-order valence-corrected chi connectivity index (χ0v) is 10.5. The van der Waals surface area contributed by atoms with Crippen LogP contribution in [0.5, 0.6) is 0 Å². The second-order valence-corrected chi connectivity index (χ2v) is 6.11.